The molecule has 2 aromatic rings. The molecule has 0 bridgehead atoms. The van der Waals surface area contributed by atoms with E-state index in [1.54, 1.807) is 54.6 Å². The molecule has 1 fully saturated rings. The summed E-state index contributed by atoms with van der Waals surface area (Å²) < 4.78 is 26.6. The predicted octanol–water partition coefficient (Wildman–Crippen LogP) is 1.71. The Kier molecular flexibility index (Phi) is 6.23. The average Bonchev–Trinajstić information content (AvgIpc) is 2.73. The highest BCUT2D eigenvalue weighted by Crippen LogP contribution is 2.17. The Morgan fingerprint density at radius 3 is 2.00 bits per heavy atom. The van der Waals surface area contributed by atoms with Gasteiger partial charge in [0.05, 0.1) is 4.90 Å². The summed E-state index contributed by atoms with van der Waals surface area (Å²) in [4.78, 5) is 25.9. The number of hydrogen-bond donors (Lipinski definition) is 1. The van der Waals surface area contributed by atoms with Crippen LogP contribution in [0.4, 0.5) is 5.69 Å². The van der Waals surface area contributed by atoms with Crippen LogP contribution in [0.2, 0.25) is 0 Å². The molecule has 28 heavy (non-hydrogen) atoms. The highest BCUT2D eigenvalue weighted by molar-refractivity contribution is 7.89. The number of benzene rings is 2. The number of anilines is 1. The van der Waals surface area contributed by atoms with Crippen LogP contribution in [0.1, 0.15) is 0 Å². The van der Waals surface area contributed by atoms with Gasteiger partial charge in [0.2, 0.25) is 21.8 Å². The second-order valence-electron chi connectivity index (χ2n) is 6.23. The SMILES string of the molecule is O=C(/C=C/C(=O)N1CCN(S(=O)(=O)c2ccccc2)CC1)Nc1ccccc1. The monoisotopic (exact) mass is 399 g/mol. The van der Waals surface area contributed by atoms with E-state index >= 15 is 0 Å². The topological polar surface area (TPSA) is 86.8 Å². The largest absolute Gasteiger partial charge is 0.337 e. The van der Waals surface area contributed by atoms with Gasteiger partial charge in [-0.3, -0.25) is 9.59 Å². The van der Waals surface area contributed by atoms with Crippen LogP contribution in [0.3, 0.4) is 0 Å². The quantitative estimate of drug-likeness (QED) is 0.776. The zero-order valence-electron chi connectivity index (χ0n) is 15.2. The highest BCUT2D eigenvalue weighted by atomic mass is 32.2. The molecule has 7 nitrogen and oxygen atoms in total. The molecule has 0 saturated carbocycles. The minimum absolute atomic E-state index is 0.215. The minimum atomic E-state index is -3.56. The lowest BCUT2D eigenvalue weighted by atomic mass is 10.3. The predicted molar refractivity (Wildman–Crippen MR) is 106 cm³/mol. The number of carbonyl (C=O) groups excluding carboxylic acids is 2. The van der Waals surface area contributed by atoms with Crippen molar-refractivity contribution >= 4 is 27.5 Å². The molecule has 0 spiro atoms. The Bertz CT molecular complexity index is 951. The number of para-hydroxylation sites is 1. The van der Waals surface area contributed by atoms with Crippen LogP contribution in [-0.2, 0) is 19.6 Å². The molecule has 0 radical (unpaired) electrons. The van der Waals surface area contributed by atoms with Crippen molar-refractivity contribution in [1.29, 1.82) is 0 Å². The zero-order valence-corrected chi connectivity index (χ0v) is 16.0. The number of nitrogens with zero attached hydrogens (tertiary/aromatic N) is 2. The Hall–Kier alpha value is -2.97. The molecule has 0 atom stereocenters. The third-order valence-electron chi connectivity index (χ3n) is 4.35. The molecule has 1 heterocycles. The summed E-state index contributed by atoms with van der Waals surface area (Å²) in [6.45, 7) is 0.977. The number of hydrogen-bond acceptors (Lipinski definition) is 4. The van der Waals surface area contributed by atoms with Crippen LogP contribution in [0.5, 0.6) is 0 Å². The number of carbonyl (C=O) groups is 2. The fourth-order valence-electron chi connectivity index (χ4n) is 2.85. The summed E-state index contributed by atoms with van der Waals surface area (Å²) in [5.74, 6) is -0.718. The molecule has 8 heteroatoms. The molecule has 0 unspecified atom stereocenters. The summed E-state index contributed by atoms with van der Waals surface area (Å²) in [5.41, 5.74) is 0.643. The molecule has 1 N–H and O–H groups in total. The van der Waals surface area contributed by atoms with Crippen LogP contribution in [0.25, 0.3) is 0 Å². The molecule has 2 aromatic carbocycles. The van der Waals surface area contributed by atoms with Crippen molar-refractivity contribution in [2.75, 3.05) is 31.5 Å². The third-order valence-corrected chi connectivity index (χ3v) is 6.26. The Morgan fingerprint density at radius 1 is 0.821 bits per heavy atom. The van der Waals surface area contributed by atoms with Crippen molar-refractivity contribution in [3.05, 3.63) is 72.8 Å². The van der Waals surface area contributed by atoms with E-state index in [0.29, 0.717) is 5.69 Å². The zero-order chi connectivity index (χ0) is 20.0. The van der Waals surface area contributed by atoms with E-state index in [1.807, 2.05) is 6.07 Å². The lowest BCUT2D eigenvalue weighted by Crippen LogP contribution is -2.50. The van der Waals surface area contributed by atoms with Gasteiger partial charge in [0.25, 0.3) is 0 Å². The molecule has 0 aromatic heterocycles. The number of rotatable bonds is 5. The van der Waals surface area contributed by atoms with Crippen LogP contribution in [0.15, 0.2) is 77.7 Å². The number of piperazine rings is 1. The summed E-state index contributed by atoms with van der Waals surface area (Å²) >= 11 is 0. The van der Waals surface area contributed by atoms with Gasteiger partial charge in [-0.15, -0.1) is 0 Å². The lowest BCUT2D eigenvalue weighted by Gasteiger charge is -2.33. The fraction of sp³-hybridized carbons (Fsp3) is 0.200. The highest BCUT2D eigenvalue weighted by Gasteiger charge is 2.29. The number of sulfonamides is 1. The summed E-state index contributed by atoms with van der Waals surface area (Å²) in [6, 6.07) is 17.2. The summed E-state index contributed by atoms with van der Waals surface area (Å²) in [6.07, 6.45) is 2.39. The van der Waals surface area contributed by atoms with Gasteiger partial charge < -0.3 is 10.2 Å². The van der Waals surface area contributed by atoms with Crippen molar-refractivity contribution < 1.29 is 18.0 Å². The first-order valence-electron chi connectivity index (χ1n) is 8.85. The lowest BCUT2D eigenvalue weighted by molar-refractivity contribution is -0.127. The molecule has 1 aliphatic heterocycles. The first-order chi connectivity index (χ1) is 13.5. The maximum absolute atomic E-state index is 12.6. The van der Waals surface area contributed by atoms with E-state index in [4.69, 9.17) is 0 Å². The van der Waals surface area contributed by atoms with Crippen molar-refractivity contribution in [2.45, 2.75) is 4.90 Å². The summed E-state index contributed by atoms with van der Waals surface area (Å²) in [7, 11) is -3.56. The molecule has 1 saturated heterocycles. The van der Waals surface area contributed by atoms with Crippen molar-refractivity contribution in [1.82, 2.24) is 9.21 Å². The first kappa shape index (κ1) is 19.8. The average molecular weight is 399 g/mol. The van der Waals surface area contributed by atoms with Gasteiger partial charge in [0.1, 0.15) is 0 Å². The van der Waals surface area contributed by atoms with Gasteiger partial charge in [0, 0.05) is 44.0 Å². The summed E-state index contributed by atoms with van der Waals surface area (Å²) in [5, 5.41) is 2.66. The van der Waals surface area contributed by atoms with Crippen LogP contribution < -0.4 is 5.32 Å². The second kappa shape index (κ2) is 8.81. The minimum Gasteiger partial charge on any atom is -0.337 e. The van der Waals surface area contributed by atoms with E-state index in [0.717, 1.165) is 0 Å². The van der Waals surface area contributed by atoms with E-state index in [1.165, 1.54) is 21.4 Å². The molecule has 3 rings (SSSR count). The molecular weight excluding hydrogens is 378 g/mol. The van der Waals surface area contributed by atoms with E-state index in [-0.39, 0.29) is 37.0 Å². The normalized spacial score (nSPS) is 15.5. The molecule has 1 aliphatic rings. The molecule has 2 amide bonds. The maximum atomic E-state index is 12.6. The van der Waals surface area contributed by atoms with Gasteiger partial charge in [0.15, 0.2) is 0 Å². The van der Waals surface area contributed by atoms with E-state index in [9.17, 15) is 18.0 Å². The van der Waals surface area contributed by atoms with Gasteiger partial charge in [-0.2, -0.15) is 4.31 Å². The van der Waals surface area contributed by atoms with Gasteiger partial charge in [-0.05, 0) is 24.3 Å². The standard InChI is InChI=1S/C20H21N3O4S/c24-19(21-17-7-3-1-4-8-17)11-12-20(25)22-13-15-23(16-14-22)28(26,27)18-9-5-2-6-10-18/h1-12H,13-16H2,(H,21,24)/b12-11+. The molecule has 0 aliphatic carbocycles. The van der Waals surface area contributed by atoms with Gasteiger partial charge >= 0.3 is 0 Å². The van der Waals surface area contributed by atoms with Crippen LogP contribution in [0, 0.1) is 0 Å². The van der Waals surface area contributed by atoms with Crippen LogP contribution in [-0.4, -0.2) is 55.6 Å². The maximum Gasteiger partial charge on any atom is 0.248 e. The Labute approximate surface area is 164 Å². The van der Waals surface area contributed by atoms with Crippen molar-refractivity contribution in [3.8, 4) is 0 Å². The Morgan fingerprint density at radius 2 is 1.39 bits per heavy atom. The van der Waals surface area contributed by atoms with E-state index < -0.39 is 15.9 Å². The van der Waals surface area contributed by atoms with E-state index in [2.05, 4.69) is 5.32 Å². The fourth-order valence-corrected chi connectivity index (χ4v) is 4.29. The van der Waals surface area contributed by atoms with Crippen molar-refractivity contribution in [3.63, 3.8) is 0 Å². The Balaban J connectivity index is 1.53. The third kappa shape index (κ3) is 4.85. The van der Waals surface area contributed by atoms with Crippen molar-refractivity contribution in [2.24, 2.45) is 0 Å². The smallest absolute Gasteiger partial charge is 0.248 e. The first-order valence-corrected chi connectivity index (χ1v) is 10.3. The second-order valence-corrected chi connectivity index (χ2v) is 8.17. The van der Waals surface area contributed by atoms with Gasteiger partial charge in [-0.25, -0.2) is 8.42 Å². The van der Waals surface area contributed by atoms with Gasteiger partial charge in [-0.1, -0.05) is 36.4 Å². The number of nitrogens with one attached hydrogen (secondary N) is 1. The molecular formula is C20H21N3O4S. The number of amides is 2. The van der Waals surface area contributed by atoms with Crippen LogP contribution >= 0.6 is 0 Å². The molecule has 146 valence electrons.